The second-order valence-corrected chi connectivity index (χ2v) is 5.50. The minimum Gasteiger partial charge on any atom is -0.258 e. The highest BCUT2D eigenvalue weighted by atomic mass is 32.2. The van der Waals surface area contributed by atoms with Crippen LogP contribution < -0.4 is 5.14 Å². The SMILES string of the molecule is NS(=O)(=O)c1cc([N+](=O)[O-])ccc1-c1cnn(C(F)F)c1. The van der Waals surface area contributed by atoms with Crippen LogP contribution in [0.4, 0.5) is 14.5 Å². The van der Waals surface area contributed by atoms with Crippen LogP contribution in [0.3, 0.4) is 0 Å². The molecule has 0 atom stereocenters. The van der Waals surface area contributed by atoms with Crippen molar-refractivity contribution in [2.24, 2.45) is 5.14 Å². The number of halogens is 2. The zero-order valence-corrected chi connectivity index (χ0v) is 11.0. The van der Waals surface area contributed by atoms with E-state index in [1.165, 1.54) is 0 Å². The van der Waals surface area contributed by atoms with Gasteiger partial charge in [-0.2, -0.15) is 13.9 Å². The molecule has 1 heterocycles. The lowest BCUT2D eigenvalue weighted by Crippen LogP contribution is -2.13. The molecule has 0 amide bonds. The second kappa shape index (κ2) is 5.18. The fourth-order valence-electron chi connectivity index (χ4n) is 1.68. The van der Waals surface area contributed by atoms with E-state index < -0.39 is 32.1 Å². The van der Waals surface area contributed by atoms with Crippen molar-refractivity contribution in [1.29, 1.82) is 0 Å². The van der Waals surface area contributed by atoms with E-state index in [4.69, 9.17) is 5.14 Å². The smallest absolute Gasteiger partial charge is 0.258 e. The van der Waals surface area contributed by atoms with E-state index in [1.807, 2.05) is 0 Å². The molecule has 0 aliphatic rings. The lowest BCUT2D eigenvalue weighted by Gasteiger charge is -2.05. The Morgan fingerprint density at radius 3 is 2.52 bits per heavy atom. The van der Waals surface area contributed by atoms with Crippen LogP contribution in [0.5, 0.6) is 0 Å². The Morgan fingerprint density at radius 1 is 1.38 bits per heavy atom. The van der Waals surface area contributed by atoms with E-state index in [0.717, 1.165) is 30.6 Å². The average Bonchev–Trinajstić information content (AvgIpc) is 2.86. The van der Waals surface area contributed by atoms with E-state index in [-0.39, 0.29) is 11.1 Å². The topological polar surface area (TPSA) is 121 Å². The monoisotopic (exact) mass is 318 g/mol. The summed E-state index contributed by atoms with van der Waals surface area (Å²) >= 11 is 0. The number of nitro benzene ring substituents is 1. The van der Waals surface area contributed by atoms with Crippen LogP contribution in [-0.2, 0) is 10.0 Å². The van der Waals surface area contributed by atoms with Gasteiger partial charge in [0.1, 0.15) is 0 Å². The summed E-state index contributed by atoms with van der Waals surface area (Å²) in [7, 11) is -4.28. The Labute approximate surface area is 117 Å². The zero-order chi connectivity index (χ0) is 15.8. The van der Waals surface area contributed by atoms with E-state index in [0.29, 0.717) is 4.68 Å². The molecule has 1 aromatic carbocycles. The van der Waals surface area contributed by atoms with E-state index in [9.17, 15) is 27.3 Å². The summed E-state index contributed by atoms with van der Waals surface area (Å²) in [5.41, 5.74) is -0.478. The largest absolute Gasteiger partial charge is 0.333 e. The maximum absolute atomic E-state index is 12.5. The first-order valence-electron chi connectivity index (χ1n) is 5.34. The van der Waals surface area contributed by atoms with Gasteiger partial charge >= 0.3 is 6.55 Å². The van der Waals surface area contributed by atoms with Gasteiger partial charge in [0.05, 0.1) is 16.0 Å². The summed E-state index contributed by atoms with van der Waals surface area (Å²) in [6.07, 6.45) is 1.93. The minimum atomic E-state index is -4.28. The number of primary sulfonamides is 1. The number of non-ortho nitro benzene ring substituents is 1. The fraction of sp³-hybridized carbons (Fsp3) is 0.100. The Bertz CT molecular complexity index is 803. The molecular weight excluding hydrogens is 310 g/mol. The van der Waals surface area contributed by atoms with Gasteiger partial charge in [0.15, 0.2) is 0 Å². The summed E-state index contributed by atoms with van der Waals surface area (Å²) in [4.78, 5) is 9.35. The van der Waals surface area contributed by atoms with E-state index in [1.54, 1.807) is 0 Å². The summed E-state index contributed by atoms with van der Waals surface area (Å²) in [5.74, 6) is 0. The molecule has 0 aliphatic carbocycles. The van der Waals surface area contributed by atoms with Gasteiger partial charge in [-0.1, -0.05) is 0 Å². The number of hydrogen-bond donors (Lipinski definition) is 1. The molecule has 0 bridgehead atoms. The molecule has 1 aromatic heterocycles. The maximum atomic E-state index is 12.5. The molecule has 0 saturated carbocycles. The molecule has 112 valence electrons. The van der Waals surface area contributed by atoms with Gasteiger partial charge in [0.2, 0.25) is 10.0 Å². The first-order valence-corrected chi connectivity index (χ1v) is 6.88. The average molecular weight is 318 g/mol. The van der Waals surface area contributed by atoms with Crippen molar-refractivity contribution in [2.75, 3.05) is 0 Å². The molecule has 2 aromatic rings. The Balaban J connectivity index is 2.65. The normalized spacial score (nSPS) is 11.8. The Morgan fingerprint density at radius 2 is 2.05 bits per heavy atom. The minimum absolute atomic E-state index is 0.0463. The first kappa shape index (κ1) is 15.0. The molecule has 2 N–H and O–H groups in total. The van der Waals surface area contributed by atoms with Crippen LogP contribution >= 0.6 is 0 Å². The predicted octanol–water partition coefficient (Wildman–Crippen LogP) is 1.50. The molecule has 21 heavy (non-hydrogen) atoms. The quantitative estimate of drug-likeness (QED) is 0.676. The molecule has 11 heteroatoms. The van der Waals surface area contributed by atoms with Gasteiger partial charge in [-0.05, 0) is 6.07 Å². The molecule has 8 nitrogen and oxygen atoms in total. The van der Waals surface area contributed by atoms with Crippen molar-refractivity contribution in [3.8, 4) is 11.1 Å². The summed E-state index contributed by atoms with van der Waals surface area (Å²) < 4.78 is 48.3. The van der Waals surface area contributed by atoms with Gasteiger partial charge in [-0.15, -0.1) is 0 Å². The fourth-order valence-corrected chi connectivity index (χ4v) is 2.46. The van der Waals surface area contributed by atoms with Crippen molar-refractivity contribution in [3.63, 3.8) is 0 Å². The molecule has 0 saturated heterocycles. The van der Waals surface area contributed by atoms with Crippen molar-refractivity contribution >= 4 is 15.7 Å². The number of alkyl halides is 2. The van der Waals surface area contributed by atoms with Gasteiger partial charge < -0.3 is 0 Å². The number of sulfonamides is 1. The zero-order valence-electron chi connectivity index (χ0n) is 10.2. The third-order valence-corrected chi connectivity index (χ3v) is 3.55. The number of nitrogens with two attached hydrogens (primary N) is 1. The second-order valence-electron chi connectivity index (χ2n) is 3.97. The highest BCUT2D eigenvalue weighted by Crippen LogP contribution is 2.30. The lowest BCUT2D eigenvalue weighted by molar-refractivity contribution is -0.385. The number of benzene rings is 1. The standard InChI is InChI=1S/C10H8F2N4O4S/c11-10(12)15-5-6(4-14-15)8-2-1-7(16(17)18)3-9(8)21(13,19)20/h1-5,10H,(H2,13,19,20). The molecule has 0 fully saturated rings. The van der Waals surface area contributed by atoms with Crippen molar-refractivity contribution < 1.29 is 22.1 Å². The van der Waals surface area contributed by atoms with Gasteiger partial charge in [-0.25, -0.2) is 18.2 Å². The van der Waals surface area contributed by atoms with Crippen LogP contribution in [0.25, 0.3) is 11.1 Å². The van der Waals surface area contributed by atoms with Crippen molar-refractivity contribution in [1.82, 2.24) is 9.78 Å². The van der Waals surface area contributed by atoms with Gasteiger partial charge in [-0.3, -0.25) is 10.1 Å². The van der Waals surface area contributed by atoms with Crippen molar-refractivity contribution in [2.45, 2.75) is 11.4 Å². The van der Waals surface area contributed by atoms with E-state index >= 15 is 0 Å². The number of rotatable bonds is 4. The van der Waals surface area contributed by atoms with Crippen LogP contribution in [0, 0.1) is 10.1 Å². The lowest BCUT2D eigenvalue weighted by atomic mass is 10.1. The van der Waals surface area contributed by atoms with Gasteiger partial charge in [0, 0.05) is 29.5 Å². The number of nitrogens with zero attached hydrogens (tertiary/aromatic N) is 3. The number of nitro groups is 1. The first-order chi connectivity index (χ1) is 9.70. The summed E-state index contributed by atoms with van der Waals surface area (Å²) in [5, 5.41) is 19.1. The maximum Gasteiger partial charge on any atom is 0.333 e. The molecule has 0 aliphatic heterocycles. The van der Waals surface area contributed by atoms with Gasteiger partial charge in [0.25, 0.3) is 5.69 Å². The van der Waals surface area contributed by atoms with Crippen LogP contribution in [-0.4, -0.2) is 23.1 Å². The third kappa shape index (κ3) is 3.03. The highest BCUT2D eigenvalue weighted by Gasteiger charge is 2.21. The molecular formula is C10H8F2N4O4S. The van der Waals surface area contributed by atoms with Crippen LogP contribution in [0.2, 0.25) is 0 Å². The van der Waals surface area contributed by atoms with Crippen LogP contribution in [0.15, 0.2) is 35.5 Å². The van der Waals surface area contributed by atoms with E-state index in [2.05, 4.69) is 5.10 Å². The molecule has 0 spiro atoms. The Kier molecular flexibility index (Phi) is 3.70. The predicted molar refractivity (Wildman–Crippen MR) is 66.9 cm³/mol. The van der Waals surface area contributed by atoms with Crippen molar-refractivity contribution in [3.05, 3.63) is 40.7 Å². The van der Waals surface area contributed by atoms with Crippen LogP contribution in [0.1, 0.15) is 6.55 Å². The highest BCUT2D eigenvalue weighted by molar-refractivity contribution is 7.89. The summed E-state index contributed by atoms with van der Waals surface area (Å²) in [6.45, 7) is -2.89. The number of aromatic nitrogens is 2. The summed E-state index contributed by atoms with van der Waals surface area (Å²) in [6, 6.07) is 2.93. The third-order valence-electron chi connectivity index (χ3n) is 2.60. The molecule has 0 unspecified atom stereocenters. The molecule has 0 radical (unpaired) electrons. The molecule has 2 rings (SSSR count). The number of hydrogen-bond acceptors (Lipinski definition) is 5. The Hall–Kier alpha value is -2.40.